The van der Waals surface area contributed by atoms with Crippen molar-refractivity contribution < 1.29 is 9.84 Å². The Morgan fingerprint density at radius 2 is 2.31 bits per heavy atom. The molecule has 1 saturated carbocycles. The predicted molar refractivity (Wildman–Crippen MR) is 61.9 cm³/mol. The van der Waals surface area contributed by atoms with Crippen LogP contribution in [0.2, 0.25) is 0 Å². The van der Waals surface area contributed by atoms with Gasteiger partial charge in [-0.1, -0.05) is 5.21 Å². The molecule has 1 N–H and O–H groups in total. The van der Waals surface area contributed by atoms with Crippen molar-refractivity contribution in [2.24, 2.45) is 7.05 Å². The summed E-state index contributed by atoms with van der Waals surface area (Å²) in [6.07, 6.45) is 3.22. The maximum Gasteiger partial charge on any atom is 0.154 e. The molecule has 0 bridgehead atoms. The largest absolute Gasteiger partial charge is 0.387 e. The van der Waals surface area contributed by atoms with Crippen LogP contribution < -0.4 is 0 Å². The standard InChI is InChI=1S/C10H16BrN3O2/c1-14-8(9(11)12-13-14)7(15)6-10(16-2)4-3-5-10/h7,15H,3-6H2,1-2H3. The third-order valence-electron chi connectivity index (χ3n) is 3.41. The summed E-state index contributed by atoms with van der Waals surface area (Å²) in [6.45, 7) is 0. The smallest absolute Gasteiger partial charge is 0.154 e. The third kappa shape index (κ3) is 2.01. The molecule has 0 radical (unpaired) electrons. The minimum atomic E-state index is -0.588. The van der Waals surface area contributed by atoms with E-state index in [1.165, 1.54) is 6.42 Å². The predicted octanol–water partition coefficient (Wildman–Crippen LogP) is 1.57. The lowest BCUT2D eigenvalue weighted by Gasteiger charge is -2.41. The second-order valence-electron chi connectivity index (χ2n) is 4.35. The Morgan fingerprint density at radius 1 is 1.62 bits per heavy atom. The van der Waals surface area contributed by atoms with Gasteiger partial charge in [-0.3, -0.25) is 0 Å². The van der Waals surface area contributed by atoms with Crippen molar-refractivity contribution in [2.75, 3.05) is 7.11 Å². The van der Waals surface area contributed by atoms with Crippen molar-refractivity contribution in [3.8, 4) is 0 Å². The zero-order valence-corrected chi connectivity index (χ0v) is 11.1. The quantitative estimate of drug-likeness (QED) is 0.914. The lowest BCUT2D eigenvalue weighted by Crippen LogP contribution is -2.40. The number of rotatable bonds is 4. The van der Waals surface area contributed by atoms with Gasteiger partial charge in [0.05, 0.1) is 5.60 Å². The number of aliphatic hydroxyl groups is 1. The minimum absolute atomic E-state index is 0.150. The summed E-state index contributed by atoms with van der Waals surface area (Å²) in [5.74, 6) is 0. The van der Waals surface area contributed by atoms with E-state index < -0.39 is 6.10 Å². The van der Waals surface area contributed by atoms with Gasteiger partial charge in [0.15, 0.2) is 4.60 Å². The van der Waals surface area contributed by atoms with Crippen molar-refractivity contribution in [2.45, 2.75) is 37.4 Å². The number of hydrogen-bond acceptors (Lipinski definition) is 4. The molecule has 1 heterocycles. The first-order chi connectivity index (χ1) is 7.58. The van der Waals surface area contributed by atoms with Crippen LogP contribution in [0.3, 0.4) is 0 Å². The molecule has 6 heteroatoms. The van der Waals surface area contributed by atoms with Crippen LogP contribution in [0.5, 0.6) is 0 Å². The van der Waals surface area contributed by atoms with Gasteiger partial charge in [-0.05, 0) is 35.2 Å². The van der Waals surface area contributed by atoms with Crippen LogP contribution in [0.1, 0.15) is 37.5 Å². The molecule has 2 rings (SSSR count). The van der Waals surface area contributed by atoms with Crippen LogP contribution >= 0.6 is 15.9 Å². The van der Waals surface area contributed by atoms with Crippen LogP contribution in [0.15, 0.2) is 4.60 Å². The molecule has 1 aliphatic rings. The molecule has 0 saturated heterocycles. The number of aryl methyl sites for hydroxylation is 1. The van der Waals surface area contributed by atoms with Crippen LogP contribution in [0, 0.1) is 0 Å². The average molecular weight is 290 g/mol. The first-order valence-corrected chi connectivity index (χ1v) is 6.15. The maximum absolute atomic E-state index is 10.2. The molecule has 0 aliphatic heterocycles. The summed E-state index contributed by atoms with van der Waals surface area (Å²) < 4.78 is 7.70. The molecule has 0 spiro atoms. The molecule has 5 nitrogen and oxygen atoms in total. The summed E-state index contributed by atoms with van der Waals surface area (Å²) in [5.41, 5.74) is 0.562. The van der Waals surface area contributed by atoms with E-state index >= 15 is 0 Å². The van der Waals surface area contributed by atoms with Gasteiger partial charge in [0.2, 0.25) is 0 Å². The van der Waals surface area contributed by atoms with Gasteiger partial charge in [0.1, 0.15) is 11.8 Å². The number of methoxy groups -OCH3 is 1. The lowest BCUT2D eigenvalue weighted by molar-refractivity contribution is -0.101. The van der Waals surface area contributed by atoms with E-state index in [2.05, 4.69) is 26.2 Å². The minimum Gasteiger partial charge on any atom is -0.387 e. The fraction of sp³-hybridized carbons (Fsp3) is 0.800. The highest BCUT2D eigenvalue weighted by atomic mass is 79.9. The van der Waals surface area contributed by atoms with E-state index in [1.807, 2.05) is 0 Å². The highest BCUT2D eigenvalue weighted by Gasteiger charge is 2.40. The molecule has 1 aromatic heterocycles. The fourth-order valence-corrected chi connectivity index (χ4v) is 2.80. The summed E-state index contributed by atoms with van der Waals surface area (Å²) >= 11 is 3.29. The molecule has 1 aromatic rings. The van der Waals surface area contributed by atoms with Gasteiger partial charge in [0, 0.05) is 20.6 Å². The Bertz CT molecular complexity index is 351. The van der Waals surface area contributed by atoms with E-state index in [0.29, 0.717) is 16.7 Å². The normalized spacial score (nSPS) is 20.5. The summed E-state index contributed by atoms with van der Waals surface area (Å²) in [5, 5.41) is 17.9. The monoisotopic (exact) mass is 289 g/mol. The van der Waals surface area contributed by atoms with Gasteiger partial charge in [0.25, 0.3) is 0 Å². The van der Waals surface area contributed by atoms with E-state index in [1.54, 1.807) is 18.8 Å². The van der Waals surface area contributed by atoms with Crippen LogP contribution in [0.4, 0.5) is 0 Å². The van der Waals surface area contributed by atoms with E-state index in [0.717, 1.165) is 12.8 Å². The van der Waals surface area contributed by atoms with Crippen molar-refractivity contribution in [1.82, 2.24) is 15.0 Å². The van der Waals surface area contributed by atoms with Gasteiger partial charge >= 0.3 is 0 Å². The van der Waals surface area contributed by atoms with E-state index in [9.17, 15) is 5.11 Å². The average Bonchev–Trinajstić information content (AvgIpc) is 2.52. The number of aliphatic hydroxyl groups excluding tert-OH is 1. The number of halogens is 1. The third-order valence-corrected chi connectivity index (χ3v) is 3.97. The number of aromatic nitrogens is 3. The molecule has 90 valence electrons. The topological polar surface area (TPSA) is 60.2 Å². The highest BCUT2D eigenvalue weighted by molar-refractivity contribution is 9.10. The molecule has 0 aromatic carbocycles. The maximum atomic E-state index is 10.2. The highest BCUT2D eigenvalue weighted by Crippen LogP contribution is 2.42. The lowest BCUT2D eigenvalue weighted by atomic mass is 9.76. The molecule has 1 unspecified atom stereocenters. The molecule has 1 fully saturated rings. The second-order valence-corrected chi connectivity index (χ2v) is 5.10. The Hall–Kier alpha value is -0.460. The van der Waals surface area contributed by atoms with Gasteiger partial charge in [-0.15, -0.1) is 5.10 Å². The van der Waals surface area contributed by atoms with Crippen molar-refractivity contribution in [3.05, 3.63) is 10.3 Å². The zero-order chi connectivity index (χ0) is 11.8. The SMILES string of the molecule is COC1(CC(O)c2c(Br)nnn2C)CCC1. The van der Waals surface area contributed by atoms with Crippen molar-refractivity contribution in [1.29, 1.82) is 0 Å². The molecule has 1 atom stereocenters. The summed E-state index contributed by atoms with van der Waals surface area (Å²) in [4.78, 5) is 0. The Balaban J connectivity index is 2.11. The number of nitrogens with zero attached hydrogens (tertiary/aromatic N) is 3. The van der Waals surface area contributed by atoms with Crippen LogP contribution in [-0.4, -0.2) is 32.8 Å². The van der Waals surface area contributed by atoms with Gasteiger partial charge in [-0.25, -0.2) is 4.68 Å². The van der Waals surface area contributed by atoms with Crippen LogP contribution in [-0.2, 0) is 11.8 Å². The van der Waals surface area contributed by atoms with Gasteiger partial charge < -0.3 is 9.84 Å². The first-order valence-electron chi connectivity index (χ1n) is 5.36. The molecular formula is C10H16BrN3O2. The molecule has 1 aliphatic carbocycles. The van der Waals surface area contributed by atoms with Crippen LogP contribution in [0.25, 0.3) is 0 Å². The summed E-state index contributed by atoms with van der Waals surface area (Å²) in [6, 6.07) is 0. The first kappa shape index (κ1) is 12.0. The van der Waals surface area contributed by atoms with Crippen molar-refractivity contribution in [3.63, 3.8) is 0 Å². The zero-order valence-electron chi connectivity index (χ0n) is 9.48. The van der Waals surface area contributed by atoms with Gasteiger partial charge in [-0.2, -0.15) is 0 Å². The molecule has 16 heavy (non-hydrogen) atoms. The summed E-state index contributed by atoms with van der Waals surface area (Å²) in [7, 11) is 3.49. The number of ether oxygens (including phenoxy) is 1. The molecular weight excluding hydrogens is 274 g/mol. The number of hydrogen-bond donors (Lipinski definition) is 1. The van der Waals surface area contributed by atoms with E-state index in [-0.39, 0.29) is 5.60 Å². The van der Waals surface area contributed by atoms with E-state index in [4.69, 9.17) is 4.74 Å². The second kappa shape index (κ2) is 4.43. The Morgan fingerprint density at radius 3 is 2.69 bits per heavy atom. The fourth-order valence-electron chi connectivity index (χ4n) is 2.20. The molecule has 0 amide bonds. The Labute approximate surface area is 103 Å². The Kier molecular flexibility index (Phi) is 3.32. The van der Waals surface area contributed by atoms with Crippen molar-refractivity contribution >= 4 is 15.9 Å².